The molecule has 6 heteroatoms. The first-order chi connectivity index (χ1) is 6.70. The van der Waals surface area contributed by atoms with Crippen LogP contribution in [-0.2, 0) is 0 Å². The zero-order chi connectivity index (χ0) is 10.4. The molecule has 2 rings (SSSR count). The topological polar surface area (TPSA) is 12.9 Å². The summed E-state index contributed by atoms with van der Waals surface area (Å²) in [5, 5.41) is 1.17. The van der Waals surface area contributed by atoms with Crippen LogP contribution < -0.4 is 0 Å². The van der Waals surface area contributed by atoms with Gasteiger partial charge in [-0.1, -0.05) is 30.5 Å². The van der Waals surface area contributed by atoms with Gasteiger partial charge in [0.1, 0.15) is 0 Å². The van der Waals surface area contributed by atoms with E-state index in [0.717, 1.165) is 5.52 Å². The third-order valence-electron chi connectivity index (χ3n) is 1.46. The minimum Gasteiger partial charge on any atom is -0.386 e. The first-order valence-electron chi connectivity index (χ1n) is 3.75. The van der Waals surface area contributed by atoms with Gasteiger partial charge in [-0.2, -0.15) is 12.1 Å². The van der Waals surface area contributed by atoms with Crippen LogP contribution in [0.5, 0.6) is 0 Å². The molecule has 0 aliphatic heterocycles. The largest absolute Gasteiger partial charge is 2.00 e. The van der Waals surface area contributed by atoms with Crippen LogP contribution in [0.2, 0.25) is 0 Å². The molecule has 0 aliphatic rings. The molecular formula is C10H7BrF3MgN. The van der Waals surface area contributed by atoms with Gasteiger partial charge in [0.05, 0.1) is 0 Å². The van der Waals surface area contributed by atoms with Crippen molar-refractivity contribution in [2.75, 3.05) is 0 Å². The van der Waals surface area contributed by atoms with E-state index >= 15 is 0 Å². The van der Waals surface area contributed by atoms with Crippen molar-refractivity contribution in [2.24, 2.45) is 0 Å². The zero-order valence-electron chi connectivity index (χ0n) is 8.16. The van der Waals surface area contributed by atoms with Gasteiger partial charge in [0, 0.05) is 0 Å². The monoisotopic (exact) mass is 301 g/mol. The molecule has 0 unspecified atom stereocenters. The summed E-state index contributed by atoms with van der Waals surface area (Å²) in [6.07, 6.45) is 2.79. The van der Waals surface area contributed by atoms with Gasteiger partial charge in [0.25, 0.3) is 0 Å². The summed E-state index contributed by atoms with van der Waals surface area (Å²) in [6.45, 7) is -3.08. The molecule has 0 amide bonds. The van der Waals surface area contributed by atoms with E-state index < -0.39 is 6.68 Å². The summed E-state index contributed by atoms with van der Waals surface area (Å²) in [5.74, 6) is 0. The van der Waals surface area contributed by atoms with Gasteiger partial charge < -0.3 is 18.2 Å². The van der Waals surface area contributed by atoms with Crippen molar-refractivity contribution in [2.45, 2.75) is 0 Å². The van der Waals surface area contributed by atoms with Crippen LogP contribution in [0.1, 0.15) is 0 Å². The molecule has 0 fully saturated rings. The molecule has 16 heavy (non-hydrogen) atoms. The summed E-state index contributed by atoms with van der Waals surface area (Å²) >= 11 is 0. The van der Waals surface area contributed by atoms with Gasteiger partial charge in [-0.05, 0) is 5.52 Å². The summed E-state index contributed by atoms with van der Waals surface area (Å²) in [6, 6.07) is 11.8. The smallest absolute Gasteiger partial charge is 0.386 e. The van der Waals surface area contributed by atoms with Crippen LogP contribution in [0.25, 0.3) is 10.9 Å². The molecule has 0 bridgehead atoms. The number of para-hydroxylation sites is 1. The number of hydrogen-bond donors (Lipinski definition) is 0. The maximum atomic E-state index is 9.58. The number of halogens is 4. The Bertz CT molecular complexity index is 332. The summed E-state index contributed by atoms with van der Waals surface area (Å²) in [4.78, 5) is 4.06. The van der Waals surface area contributed by atoms with Crippen LogP contribution in [-0.4, -0.2) is 28.0 Å². The Balaban J connectivity index is 0. The zero-order valence-corrected chi connectivity index (χ0v) is 11.3. The molecule has 0 spiro atoms. The first kappa shape index (κ1) is 18.0. The minimum absolute atomic E-state index is 0. The summed E-state index contributed by atoms with van der Waals surface area (Å²) in [7, 11) is 0. The predicted octanol–water partition coefficient (Wildman–Crippen LogP) is 3.57. The number of hydrogen-bond acceptors (Lipinski definition) is 1. The molecule has 0 saturated heterocycles. The van der Waals surface area contributed by atoms with E-state index in [4.69, 9.17) is 0 Å². The van der Waals surface area contributed by atoms with E-state index in [1.54, 1.807) is 0 Å². The molecule has 1 heterocycles. The molecular weight excluding hydrogens is 295 g/mol. The molecule has 1 aromatic heterocycles. The standard InChI is InChI=1S/C9H6N.CF3.BrH.Mg/c1-2-6-9-8(4-1)5-3-7-10-9;2-1(3)4;;/h1-6H;;1H;/q2*-1;;+2. The molecule has 0 saturated carbocycles. The molecule has 0 N–H and O–H groups in total. The quantitative estimate of drug-likeness (QED) is 0.535. The van der Waals surface area contributed by atoms with Crippen molar-refractivity contribution in [3.8, 4) is 0 Å². The molecule has 1 aromatic carbocycles. The maximum Gasteiger partial charge on any atom is 2.00 e. The fourth-order valence-corrected chi connectivity index (χ4v) is 0.964. The minimum atomic E-state index is -3.08. The Labute approximate surface area is 118 Å². The van der Waals surface area contributed by atoms with Crippen molar-refractivity contribution >= 4 is 50.9 Å². The van der Waals surface area contributed by atoms with E-state index in [-0.39, 0.29) is 40.0 Å². The second-order valence-corrected chi connectivity index (χ2v) is 2.35. The van der Waals surface area contributed by atoms with Crippen LogP contribution in [0.3, 0.4) is 0 Å². The Kier molecular flexibility index (Phi) is 11.1. The first-order valence-corrected chi connectivity index (χ1v) is 3.75. The van der Waals surface area contributed by atoms with Gasteiger partial charge in [0.15, 0.2) is 6.68 Å². The van der Waals surface area contributed by atoms with Gasteiger partial charge >= 0.3 is 23.1 Å². The second kappa shape index (κ2) is 9.86. The van der Waals surface area contributed by atoms with Crippen molar-refractivity contribution < 1.29 is 13.2 Å². The third kappa shape index (κ3) is 7.03. The van der Waals surface area contributed by atoms with Gasteiger partial charge in [-0.15, -0.1) is 22.4 Å². The van der Waals surface area contributed by atoms with Crippen LogP contribution in [0, 0.1) is 12.9 Å². The SMILES string of the molecule is Br.F[C-](F)F.[Mg+2].[c-]1ccc2ccccc2n1. The number of pyridine rings is 1. The molecule has 1 nitrogen and oxygen atoms in total. The number of fused-ring (bicyclic) bond motifs is 1. The van der Waals surface area contributed by atoms with E-state index in [2.05, 4.69) is 11.2 Å². The number of rotatable bonds is 0. The van der Waals surface area contributed by atoms with E-state index in [1.807, 2.05) is 36.4 Å². The van der Waals surface area contributed by atoms with Crippen molar-refractivity contribution in [1.29, 1.82) is 0 Å². The fourth-order valence-electron chi connectivity index (χ4n) is 0.964. The van der Waals surface area contributed by atoms with Crippen LogP contribution in [0.4, 0.5) is 13.2 Å². The van der Waals surface area contributed by atoms with Gasteiger partial charge in [-0.25, -0.2) is 0 Å². The van der Waals surface area contributed by atoms with E-state index in [0.29, 0.717) is 0 Å². The summed E-state index contributed by atoms with van der Waals surface area (Å²) < 4.78 is 28.8. The van der Waals surface area contributed by atoms with Gasteiger partial charge in [0.2, 0.25) is 0 Å². The average Bonchev–Trinajstić information content (AvgIpc) is 2.17. The maximum absolute atomic E-state index is 9.58. The predicted molar refractivity (Wildman–Crippen MR) is 63.2 cm³/mol. The Morgan fingerprint density at radius 3 is 2.19 bits per heavy atom. The average molecular weight is 302 g/mol. The fraction of sp³-hybridized carbons (Fsp3) is 0. The normalized spacial score (nSPS) is 8.50. The molecule has 2 aromatic rings. The van der Waals surface area contributed by atoms with Crippen molar-refractivity contribution in [1.82, 2.24) is 4.98 Å². The van der Waals surface area contributed by atoms with Crippen molar-refractivity contribution in [3.63, 3.8) is 0 Å². The Morgan fingerprint density at radius 1 is 1.06 bits per heavy atom. The molecule has 0 aliphatic carbocycles. The molecule has 0 radical (unpaired) electrons. The number of benzene rings is 1. The Hall–Kier alpha value is -0.334. The summed E-state index contributed by atoms with van der Waals surface area (Å²) in [5.41, 5.74) is 1.00. The van der Waals surface area contributed by atoms with Crippen molar-refractivity contribution in [3.05, 3.63) is 49.3 Å². The van der Waals surface area contributed by atoms with Crippen LogP contribution in [0.15, 0.2) is 36.4 Å². The van der Waals surface area contributed by atoms with E-state index in [1.165, 1.54) is 5.39 Å². The number of aromatic nitrogens is 1. The third-order valence-corrected chi connectivity index (χ3v) is 1.46. The van der Waals surface area contributed by atoms with E-state index in [9.17, 15) is 13.2 Å². The second-order valence-electron chi connectivity index (χ2n) is 2.35. The van der Waals surface area contributed by atoms with Gasteiger partial charge in [-0.3, -0.25) is 0 Å². The van der Waals surface area contributed by atoms with Crippen LogP contribution >= 0.6 is 17.0 Å². The Morgan fingerprint density at radius 2 is 1.62 bits per heavy atom. The molecule has 0 atom stereocenters. The number of nitrogens with zero attached hydrogens (tertiary/aromatic N) is 1. The molecule has 82 valence electrons.